The minimum absolute atomic E-state index is 0.197. The Balaban J connectivity index is 1.89. The molecule has 25 heavy (non-hydrogen) atoms. The third kappa shape index (κ3) is 4.63. The first-order valence-corrected chi connectivity index (χ1v) is 8.32. The van der Waals surface area contributed by atoms with Crippen LogP contribution in [0.25, 0.3) is 0 Å². The predicted molar refractivity (Wildman–Crippen MR) is 92.7 cm³/mol. The molecule has 1 atom stereocenters. The number of hydrogen-bond donors (Lipinski definition) is 2. The first-order chi connectivity index (χ1) is 11.9. The number of carbonyl (C=O) groups excluding carboxylic acids is 1. The molecular weight excluding hydrogens is 324 g/mol. The van der Waals surface area contributed by atoms with Crippen molar-refractivity contribution in [1.29, 1.82) is 0 Å². The van der Waals surface area contributed by atoms with E-state index in [1.165, 1.54) is 0 Å². The number of methoxy groups -OCH3 is 2. The van der Waals surface area contributed by atoms with E-state index in [0.717, 1.165) is 11.3 Å². The predicted octanol–water partition coefficient (Wildman–Crippen LogP) is 2.28. The number of amides is 2. The standard InChI is InChI=1S/C18H26N2O5/c1-18(16(21)22)7-9-20(10-8-18)17(23)19-12-15(25-3)13-5-4-6-14(11-13)24-2/h4-6,11,15H,7-10,12H2,1-3H3,(H,19,23)(H,21,22). The fraction of sp³-hybridized carbons (Fsp3) is 0.556. The van der Waals surface area contributed by atoms with Crippen LogP contribution in [-0.4, -0.2) is 55.9 Å². The van der Waals surface area contributed by atoms with E-state index < -0.39 is 11.4 Å². The zero-order valence-corrected chi connectivity index (χ0v) is 14.9. The maximum absolute atomic E-state index is 12.3. The van der Waals surface area contributed by atoms with Crippen LogP contribution in [0.1, 0.15) is 31.4 Å². The molecule has 7 heteroatoms. The van der Waals surface area contributed by atoms with Gasteiger partial charge in [0.25, 0.3) is 0 Å². The minimum atomic E-state index is -0.801. The molecule has 1 aliphatic heterocycles. The highest BCUT2D eigenvalue weighted by Gasteiger charge is 2.38. The lowest BCUT2D eigenvalue weighted by Gasteiger charge is -2.36. The number of likely N-dealkylation sites (tertiary alicyclic amines) is 1. The minimum Gasteiger partial charge on any atom is -0.497 e. The Morgan fingerprint density at radius 2 is 2.00 bits per heavy atom. The van der Waals surface area contributed by atoms with Gasteiger partial charge in [0.2, 0.25) is 0 Å². The van der Waals surface area contributed by atoms with Gasteiger partial charge in [0, 0.05) is 26.7 Å². The number of hydrogen-bond acceptors (Lipinski definition) is 4. The van der Waals surface area contributed by atoms with Gasteiger partial charge in [0.1, 0.15) is 5.75 Å². The van der Waals surface area contributed by atoms with Crippen molar-refractivity contribution >= 4 is 12.0 Å². The highest BCUT2D eigenvalue weighted by Crippen LogP contribution is 2.31. The van der Waals surface area contributed by atoms with Gasteiger partial charge in [0.05, 0.1) is 18.6 Å². The van der Waals surface area contributed by atoms with Crippen molar-refractivity contribution in [2.45, 2.75) is 25.9 Å². The fourth-order valence-corrected chi connectivity index (χ4v) is 2.89. The van der Waals surface area contributed by atoms with Gasteiger partial charge in [-0.1, -0.05) is 12.1 Å². The second-order valence-electron chi connectivity index (χ2n) is 6.54. The Kier molecular flexibility index (Phi) is 6.25. The Morgan fingerprint density at radius 3 is 2.56 bits per heavy atom. The van der Waals surface area contributed by atoms with E-state index in [1.54, 1.807) is 26.0 Å². The van der Waals surface area contributed by atoms with Crippen molar-refractivity contribution in [2.24, 2.45) is 5.41 Å². The second kappa shape index (κ2) is 8.20. The second-order valence-corrected chi connectivity index (χ2v) is 6.54. The third-order valence-corrected chi connectivity index (χ3v) is 4.86. The topological polar surface area (TPSA) is 88.1 Å². The first kappa shape index (κ1) is 19.1. The van der Waals surface area contributed by atoms with Crippen LogP contribution in [0.4, 0.5) is 4.79 Å². The maximum atomic E-state index is 12.3. The SMILES string of the molecule is COc1cccc(C(CNC(=O)N2CCC(C)(C(=O)O)CC2)OC)c1. The zero-order chi connectivity index (χ0) is 18.4. The van der Waals surface area contributed by atoms with Gasteiger partial charge in [-0.15, -0.1) is 0 Å². The molecule has 138 valence electrons. The fourth-order valence-electron chi connectivity index (χ4n) is 2.89. The van der Waals surface area contributed by atoms with Gasteiger partial charge in [-0.3, -0.25) is 4.79 Å². The van der Waals surface area contributed by atoms with E-state index >= 15 is 0 Å². The van der Waals surface area contributed by atoms with Crippen molar-refractivity contribution in [3.05, 3.63) is 29.8 Å². The normalized spacial score (nSPS) is 17.6. The molecule has 2 N–H and O–H groups in total. The van der Waals surface area contributed by atoms with Crippen molar-refractivity contribution in [2.75, 3.05) is 33.9 Å². The summed E-state index contributed by atoms with van der Waals surface area (Å²) in [4.78, 5) is 25.3. The molecule has 1 aliphatic rings. The number of carbonyl (C=O) groups is 2. The van der Waals surface area contributed by atoms with E-state index in [2.05, 4.69) is 5.32 Å². The molecule has 1 unspecified atom stereocenters. The number of carboxylic acids is 1. The molecule has 1 aromatic carbocycles. The number of nitrogens with one attached hydrogen (secondary N) is 1. The van der Waals surface area contributed by atoms with E-state index in [9.17, 15) is 14.7 Å². The highest BCUT2D eigenvalue weighted by atomic mass is 16.5. The number of benzene rings is 1. The lowest BCUT2D eigenvalue weighted by atomic mass is 9.80. The van der Waals surface area contributed by atoms with Crippen molar-refractivity contribution in [1.82, 2.24) is 10.2 Å². The summed E-state index contributed by atoms with van der Waals surface area (Å²) in [6, 6.07) is 7.32. The molecular formula is C18H26N2O5. The Hall–Kier alpha value is -2.28. The largest absolute Gasteiger partial charge is 0.497 e. The molecule has 2 rings (SSSR count). The Labute approximate surface area is 147 Å². The number of piperidine rings is 1. The summed E-state index contributed by atoms with van der Waals surface area (Å²) in [5, 5.41) is 12.1. The van der Waals surface area contributed by atoms with Crippen molar-refractivity contribution in [3.63, 3.8) is 0 Å². The number of ether oxygens (including phenoxy) is 2. The van der Waals surface area contributed by atoms with E-state index in [4.69, 9.17) is 9.47 Å². The van der Waals surface area contributed by atoms with Crippen LogP contribution in [0, 0.1) is 5.41 Å². The summed E-state index contributed by atoms with van der Waals surface area (Å²) in [5.41, 5.74) is 0.172. The maximum Gasteiger partial charge on any atom is 0.317 e. The summed E-state index contributed by atoms with van der Waals surface area (Å²) in [7, 11) is 3.19. The van der Waals surface area contributed by atoms with E-state index in [0.29, 0.717) is 32.5 Å². The monoisotopic (exact) mass is 350 g/mol. The molecule has 1 saturated heterocycles. The summed E-state index contributed by atoms with van der Waals surface area (Å²) in [5.74, 6) is -0.0695. The summed E-state index contributed by atoms with van der Waals surface area (Å²) < 4.78 is 10.7. The number of urea groups is 1. The van der Waals surface area contributed by atoms with Gasteiger partial charge < -0.3 is 24.8 Å². The van der Waals surface area contributed by atoms with Gasteiger partial charge >= 0.3 is 12.0 Å². The molecule has 1 aromatic rings. The van der Waals surface area contributed by atoms with Crippen molar-refractivity contribution < 1.29 is 24.2 Å². The van der Waals surface area contributed by atoms with Crippen LogP contribution in [0.5, 0.6) is 5.75 Å². The summed E-state index contributed by atoms with van der Waals surface area (Å²) in [6.45, 7) is 2.93. The third-order valence-electron chi connectivity index (χ3n) is 4.86. The molecule has 0 saturated carbocycles. The summed E-state index contributed by atoms with van der Waals surface area (Å²) in [6.07, 6.45) is 0.631. The van der Waals surface area contributed by atoms with Crippen LogP contribution >= 0.6 is 0 Å². The summed E-state index contributed by atoms with van der Waals surface area (Å²) >= 11 is 0. The molecule has 0 spiro atoms. The van der Waals surface area contributed by atoms with Crippen LogP contribution in [0.3, 0.4) is 0 Å². The van der Waals surface area contributed by atoms with E-state index in [1.807, 2.05) is 24.3 Å². The first-order valence-electron chi connectivity index (χ1n) is 8.32. The number of nitrogens with zero attached hydrogens (tertiary/aromatic N) is 1. The molecule has 7 nitrogen and oxygen atoms in total. The number of carboxylic acid groups (broad SMARTS) is 1. The number of rotatable bonds is 6. The van der Waals surface area contributed by atoms with Crippen LogP contribution in [0.15, 0.2) is 24.3 Å². The van der Waals surface area contributed by atoms with E-state index in [-0.39, 0.29) is 12.1 Å². The van der Waals surface area contributed by atoms with Crippen LogP contribution in [0.2, 0.25) is 0 Å². The smallest absolute Gasteiger partial charge is 0.317 e. The van der Waals surface area contributed by atoms with Crippen molar-refractivity contribution in [3.8, 4) is 5.75 Å². The average molecular weight is 350 g/mol. The van der Waals surface area contributed by atoms with Gasteiger partial charge in [-0.25, -0.2) is 4.79 Å². The molecule has 0 aromatic heterocycles. The molecule has 0 aliphatic carbocycles. The van der Waals surface area contributed by atoms with Crippen LogP contribution in [-0.2, 0) is 9.53 Å². The van der Waals surface area contributed by atoms with Gasteiger partial charge in [-0.05, 0) is 37.5 Å². The lowest BCUT2D eigenvalue weighted by molar-refractivity contribution is -0.150. The molecule has 0 bridgehead atoms. The highest BCUT2D eigenvalue weighted by molar-refractivity contribution is 5.77. The molecule has 2 amide bonds. The van der Waals surface area contributed by atoms with Crippen LogP contribution < -0.4 is 10.1 Å². The zero-order valence-electron chi connectivity index (χ0n) is 14.9. The molecule has 0 radical (unpaired) electrons. The average Bonchev–Trinajstić information content (AvgIpc) is 2.62. The quantitative estimate of drug-likeness (QED) is 0.822. The number of aliphatic carboxylic acids is 1. The Morgan fingerprint density at radius 1 is 1.32 bits per heavy atom. The molecule has 1 heterocycles. The van der Waals surface area contributed by atoms with Gasteiger partial charge in [0.15, 0.2) is 0 Å². The molecule has 1 fully saturated rings. The lowest BCUT2D eigenvalue weighted by Crippen LogP contribution is -2.49. The van der Waals surface area contributed by atoms with Gasteiger partial charge in [-0.2, -0.15) is 0 Å². The Bertz CT molecular complexity index is 611.